The Morgan fingerprint density at radius 3 is 3.15 bits per heavy atom. The van der Waals surface area contributed by atoms with Gasteiger partial charge < -0.3 is 10.6 Å². The summed E-state index contributed by atoms with van der Waals surface area (Å²) in [6.07, 6.45) is 8.02. The smallest absolute Gasteiger partial charge is 0.220 e. The average molecular weight is 292 g/mol. The molecule has 3 rings (SSSR count). The molecule has 1 saturated heterocycles. The summed E-state index contributed by atoms with van der Waals surface area (Å²) in [5.74, 6) is 0.907. The van der Waals surface area contributed by atoms with Crippen molar-refractivity contribution in [3.8, 4) is 0 Å². The molecule has 1 atom stereocenters. The third-order valence-electron chi connectivity index (χ3n) is 4.44. The van der Waals surface area contributed by atoms with Crippen molar-refractivity contribution in [2.45, 2.75) is 51.5 Å². The summed E-state index contributed by atoms with van der Waals surface area (Å²) in [6, 6.07) is 2.29. The van der Waals surface area contributed by atoms with Crippen molar-refractivity contribution in [3.05, 3.63) is 21.4 Å². The van der Waals surface area contributed by atoms with E-state index in [4.69, 9.17) is 0 Å². The van der Waals surface area contributed by atoms with Crippen molar-refractivity contribution in [1.82, 2.24) is 10.6 Å². The molecule has 2 heterocycles. The Hall–Kier alpha value is -0.870. The van der Waals surface area contributed by atoms with Gasteiger partial charge in [0.15, 0.2) is 0 Å². The van der Waals surface area contributed by atoms with Gasteiger partial charge >= 0.3 is 0 Å². The largest absolute Gasteiger partial charge is 0.351 e. The fraction of sp³-hybridized carbons (Fsp3) is 0.688. The predicted molar refractivity (Wildman–Crippen MR) is 83.0 cm³/mol. The molecule has 1 aromatic rings. The van der Waals surface area contributed by atoms with Crippen LogP contribution in [0.4, 0.5) is 0 Å². The highest BCUT2D eigenvalue weighted by Crippen LogP contribution is 2.30. The van der Waals surface area contributed by atoms with Gasteiger partial charge in [0.2, 0.25) is 5.91 Å². The number of carbonyl (C=O) groups is 1. The minimum Gasteiger partial charge on any atom is -0.351 e. The van der Waals surface area contributed by atoms with E-state index < -0.39 is 0 Å². The molecule has 0 saturated carbocycles. The summed E-state index contributed by atoms with van der Waals surface area (Å²) < 4.78 is 0. The maximum atomic E-state index is 11.9. The first-order valence-electron chi connectivity index (χ1n) is 7.89. The van der Waals surface area contributed by atoms with Gasteiger partial charge in [-0.1, -0.05) is 0 Å². The SMILES string of the molecule is O=C(CCC1CCCNC1)NCc1cc2c(s1)CCC2. The summed E-state index contributed by atoms with van der Waals surface area (Å²) in [5.41, 5.74) is 1.52. The minimum atomic E-state index is 0.212. The Balaban J connectivity index is 1.38. The fourth-order valence-electron chi connectivity index (χ4n) is 3.26. The first kappa shape index (κ1) is 14.1. The molecular weight excluding hydrogens is 268 g/mol. The maximum absolute atomic E-state index is 11.9. The van der Waals surface area contributed by atoms with Crippen molar-refractivity contribution in [2.24, 2.45) is 5.92 Å². The van der Waals surface area contributed by atoms with Crippen LogP contribution in [0, 0.1) is 5.92 Å². The van der Waals surface area contributed by atoms with Crippen molar-refractivity contribution < 1.29 is 4.79 Å². The summed E-state index contributed by atoms with van der Waals surface area (Å²) in [4.78, 5) is 14.8. The zero-order chi connectivity index (χ0) is 13.8. The van der Waals surface area contributed by atoms with Gasteiger partial charge in [0.05, 0.1) is 6.54 Å². The quantitative estimate of drug-likeness (QED) is 0.876. The maximum Gasteiger partial charge on any atom is 0.220 e. The van der Waals surface area contributed by atoms with E-state index in [1.165, 1.54) is 42.5 Å². The molecule has 1 amide bonds. The van der Waals surface area contributed by atoms with Crippen molar-refractivity contribution >= 4 is 17.2 Å². The Kier molecular flexibility index (Phi) is 4.73. The number of fused-ring (bicyclic) bond motifs is 1. The van der Waals surface area contributed by atoms with Crippen molar-refractivity contribution in [2.75, 3.05) is 13.1 Å². The lowest BCUT2D eigenvalue weighted by atomic mass is 9.94. The molecule has 3 nitrogen and oxygen atoms in total. The van der Waals surface area contributed by atoms with E-state index in [2.05, 4.69) is 16.7 Å². The van der Waals surface area contributed by atoms with Gasteiger partial charge in [0.1, 0.15) is 0 Å². The average Bonchev–Trinajstić information content (AvgIpc) is 3.05. The molecule has 1 fully saturated rings. The summed E-state index contributed by atoms with van der Waals surface area (Å²) in [6.45, 7) is 2.95. The predicted octanol–water partition coefficient (Wildman–Crippen LogP) is 2.63. The molecule has 0 aromatic carbocycles. The van der Waals surface area contributed by atoms with Gasteiger partial charge in [-0.15, -0.1) is 11.3 Å². The van der Waals surface area contributed by atoms with Gasteiger partial charge in [-0.05, 0) is 69.2 Å². The van der Waals surface area contributed by atoms with Crippen LogP contribution in [0.15, 0.2) is 6.07 Å². The molecular formula is C16H24N2OS. The van der Waals surface area contributed by atoms with Crippen molar-refractivity contribution in [3.63, 3.8) is 0 Å². The van der Waals surface area contributed by atoms with Crippen LogP contribution in [0.25, 0.3) is 0 Å². The number of rotatable bonds is 5. The standard InChI is InChI=1S/C16H24N2OS/c19-16(7-6-12-3-2-8-17-10-12)18-11-14-9-13-4-1-5-15(13)20-14/h9,12,17H,1-8,10-11H2,(H,18,19). The lowest BCUT2D eigenvalue weighted by Crippen LogP contribution is -2.31. The summed E-state index contributed by atoms with van der Waals surface area (Å²) in [7, 11) is 0. The van der Waals surface area contributed by atoms with E-state index in [0.29, 0.717) is 12.3 Å². The molecule has 0 radical (unpaired) electrons. The lowest BCUT2D eigenvalue weighted by Gasteiger charge is -2.22. The highest BCUT2D eigenvalue weighted by molar-refractivity contribution is 7.12. The van der Waals surface area contributed by atoms with Crippen LogP contribution in [-0.4, -0.2) is 19.0 Å². The second-order valence-corrected chi connectivity index (χ2v) is 7.26. The van der Waals surface area contributed by atoms with Gasteiger partial charge in [-0.2, -0.15) is 0 Å². The molecule has 1 unspecified atom stereocenters. The van der Waals surface area contributed by atoms with Crippen LogP contribution < -0.4 is 10.6 Å². The second kappa shape index (κ2) is 6.72. The van der Waals surface area contributed by atoms with Crippen LogP contribution in [0.3, 0.4) is 0 Å². The van der Waals surface area contributed by atoms with E-state index in [-0.39, 0.29) is 5.91 Å². The van der Waals surface area contributed by atoms with Crippen LogP contribution in [0.2, 0.25) is 0 Å². The van der Waals surface area contributed by atoms with Gasteiger partial charge in [0, 0.05) is 16.2 Å². The number of thiophene rings is 1. The zero-order valence-corrected chi connectivity index (χ0v) is 12.9. The van der Waals surface area contributed by atoms with Gasteiger partial charge in [-0.3, -0.25) is 4.79 Å². The van der Waals surface area contributed by atoms with E-state index in [9.17, 15) is 4.79 Å². The van der Waals surface area contributed by atoms with Crippen LogP contribution >= 0.6 is 11.3 Å². The third kappa shape index (κ3) is 3.61. The Morgan fingerprint density at radius 2 is 2.35 bits per heavy atom. The van der Waals surface area contributed by atoms with E-state index >= 15 is 0 Å². The van der Waals surface area contributed by atoms with E-state index in [1.54, 1.807) is 4.88 Å². The van der Waals surface area contributed by atoms with E-state index in [1.807, 2.05) is 11.3 Å². The van der Waals surface area contributed by atoms with Crippen LogP contribution in [-0.2, 0) is 24.2 Å². The minimum absolute atomic E-state index is 0.212. The zero-order valence-electron chi connectivity index (χ0n) is 12.0. The molecule has 1 aliphatic heterocycles. The monoisotopic (exact) mass is 292 g/mol. The summed E-state index contributed by atoms with van der Waals surface area (Å²) >= 11 is 1.89. The highest BCUT2D eigenvalue weighted by Gasteiger charge is 2.16. The molecule has 0 bridgehead atoms. The number of carbonyl (C=O) groups excluding carboxylic acids is 1. The lowest BCUT2D eigenvalue weighted by molar-refractivity contribution is -0.121. The Bertz CT molecular complexity index is 442. The Morgan fingerprint density at radius 1 is 1.40 bits per heavy atom. The molecule has 1 aromatic heterocycles. The molecule has 20 heavy (non-hydrogen) atoms. The van der Waals surface area contributed by atoms with Crippen LogP contribution in [0.5, 0.6) is 0 Å². The molecule has 1 aliphatic carbocycles. The molecule has 4 heteroatoms. The molecule has 0 spiro atoms. The van der Waals surface area contributed by atoms with E-state index in [0.717, 1.165) is 26.1 Å². The number of hydrogen-bond donors (Lipinski definition) is 2. The first-order valence-corrected chi connectivity index (χ1v) is 8.71. The number of amides is 1. The summed E-state index contributed by atoms with van der Waals surface area (Å²) in [5, 5.41) is 6.49. The third-order valence-corrected chi connectivity index (χ3v) is 5.67. The first-order chi connectivity index (χ1) is 9.81. The topological polar surface area (TPSA) is 41.1 Å². The highest BCUT2D eigenvalue weighted by atomic mass is 32.1. The number of nitrogens with one attached hydrogen (secondary N) is 2. The van der Waals surface area contributed by atoms with Gasteiger partial charge in [0.25, 0.3) is 0 Å². The number of piperidine rings is 1. The van der Waals surface area contributed by atoms with Gasteiger partial charge in [-0.25, -0.2) is 0 Å². The molecule has 2 aliphatic rings. The fourth-order valence-corrected chi connectivity index (χ4v) is 4.46. The molecule has 2 N–H and O–H groups in total. The van der Waals surface area contributed by atoms with Crippen molar-refractivity contribution in [1.29, 1.82) is 0 Å². The molecule has 110 valence electrons. The normalized spacial score (nSPS) is 21.7. The number of hydrogen-bond acceptors (Lipinski definition) is 3. The van der Waals surface area contributed by atoms with Crippen LogP contribution in [0.1, 0.15) is 47.4 Å². The number of aryl methyl sites for hydroxylation is 2. The second-order valence-electron chi connectivity index (χ2n) is 6.04. The Labute approximate surface area is 125 Å².